The fourth-order valence-electron chi connectivity index (χ4n) is 4.57. The van der Waals surface area contributed by atoms with Crippen molar-refractivity contribution < 1.29 is 4.79 Å². The van der Waals surface area contributed by atoms with Crippen LogP contribution in [0.1, 0.15) is 131 Å². The van der Waals surface area contributed by atoms with Crippen LogP contribution in [-0.2, 0) is 0 Å². The molecule has 0 spiro atoms. The van der Waals surface area contributed by atoms with E-state index in [0.29, 0.717) is 11.6 Å². The van der Waals surface area contributed by atoms with E-state index in [0.717, 1.165) is 50.0 Å². The third kappa shape index (κ3) is 5.81. The van der Waals surface area contributed by atoms with E-state index in [9.17, 15) is 4.79 Å². The quantitative estimate of drug-likeness (QED) is 0.713. The Hall–Kier alpha value is -1.39. The Balaban J connectivity index is 1.77. The molecule has 2 aliphatic rings. The molecular weight excluding hydrogens is 345 g/mol. The van der Waals surface area contributed by atoms with E-state index in [1.165, 1.54) is 44.9 Å². The first kappa shape index (κ1) is 21.3. The second kappa shape index (κ2) is 9.89. The molecule has 0 unspecified atom stereocenters. The van der Waals surface area contributed by atoms with E-state index >= 15 is 0 Å². The maximum Gasteiger partial charge on any atom is 0.269 e. The molecule has 2 aliphatic carbocycles. The van der Waals surface area contributed by atoms with Crippen LogP contribution < -0.4 is 5.32 Å². The number of amides is 1. The molecule has 0 aromatic carbocycles. The lowest BCUT2D eigenvalue weighted by Crippen LogP contribution is -2.49. The van der Waals surface area contributed by atoms with Gasteiger partial charge in [0.2, 0.25) is 0 Å². The number of nitrogens with one attached hydrogen (secondary N) is 1. The maximum atomic E-state index is 13.1. The molecule has 0 bridgehead atoms. The minimum absolute atomic E-state index is 0.136. The molecule has 0 saturated heterocycles. The highest BCUT2D eigenvalue weighted by molar-refractivity contribution is 6.17. The van der Waals surface area contributed by atoms with E-state index in [-0.39, 0.29) is 11.8 Å². The zero-order valence-corrected chi connectivity index (χ0v) is 17.8. The lowest BCUT2D eigenvalue weighted by Gasteiger charge is -2.32. The van der Waals surface area contributed by atoms with Crippen molar-refractivity contribution in [2.45, 2.75) is 115 Å². The van der Waals surface area contributed by atoms with Crippen molar-refractivity contribution >= 4 is 13.8 Å². The molecule has 2 saturated carbocycles. The van der Waals surface area contributed by atoms with Gasteiger partial charge in [0.15, 0.2) is 0 Å². The van der Waals surface area contributed by atoms with Gasteiger partial charge >= 0.3 is 0 Å². The molecule has 4 nitrogen and oxygen atoms in total. The Morgan fingerprint density at radius 1 is 1.00 bits per heavy atom. The average Bonchev–Trinajstić information content (AvgIpc) is 3.21. The Bertz CT molecular complexity index is 645. The lowest BCUT2D eigenvalue weighted by molar-refractivity contribution is 0.0913. The largest absolute Gasteiger partial charge is 0.354 e. The zero-order chi connectivity index (χ0) is 20.0. The summed E-state index contributed by atoms with van der Waals surface area (Å²) in [5.74, 6) is 1.38. The molecule has 0 aliphatic heterocycles. The highest BCUT2D eigenvalue weighted by Crippen LogP contribution is 2.33. The molecule has 28 heavy (non-hydrogen) atoms. The predicted octanol–water partition coefficient (Wildman–Crippen LogP) is 5.38. The van der Waals surface area contributed by atoms with Gasteiger partial charge in [0, 0.05) is 17.1 Å². The molecular formula is C23H36BN3O. The number of rotatable bonds is 4. The summed E-state index contributed by atoms with van der Waals surface area (Å²) in [7, 11) is 6.67. The first-order valence-electron chi connectivity index (χ1n) is 11.5. The van der Waals surface area contributed by atoms with Crippen molar-refractivity contribution in [1.29, 1.82) is 0 Å². The molecule has 1 aromatic rings. The summed E-state index contributed by atoms with van der Waals surface area (Å²) in [5, 5.41) is 3.16. The monoisotopic (exact) mass is 381 g/mol. The third-order valence-electron chi connectivity index (χ3n) is 6.42. The van der Waals surface area contributed by atoms with Crippen molar-refractivity contribution in [3.05, 3.63) is 23.3 Å². The summed E-state index contributed by atoms with van der Waals surface area (Å²) >= 11 is 0. The number of carbonyl (C=O) groups excluding carboxylic acids is 1. The molecule has 2 radical (unpaired) electrons. The summed E-state index contributed by atoms with van der Waals surface area (Å²) in [4.78, 5) is 22.6. The molecule has 0 atom stereocenters. The molecule has 1 aromatic heterocycles. The second-order valence-corrected chi connectivity index (χ2v) is 9.26. The maximum absolute atomic E-state index is 13.1. The first-order valence-corrected chi connectivity index (χ1v) is 11.5. The van der Waals surface area contributed by atoms with Crippen molar-refractivity contribution in [1.82, 2.24) is 15.3 Å². The van der Waals surface area contributed by atoms with Gasteiger partial charge in [0.1, 0.15) is 19.4 Å². The topological polar surface area (TPSA) is 54.9 Å². The van der Waals surface area contributed by atoms with Gasteiger partial charge < -0.3 is 5.32 Å². The van der Waals surface area contributed by atoms with Crippen LogP contribution in [0.5, 0.6) is 0 Å². The number of aromatic nitrogens is 2. The van der Waals surface area contributed by atoms with Crippen LogP contribution in [0.25, 0.3) is 0 Å². The Kier molecular flexibility index (Phi) is 7.53. The van der Waals surface area contributed by atoms with Crippen LogP contribution in [-0.4, -0.2) is 29.2 Å². The van der Waals surface area contributed by atoms with Crippen LogP contribution in [0.3, 0.4) is 0 Å². The van der Waals surface area contributed by atoms with Gasteiger partial charge in [-0.3, -0.25) is 4.79 Å². The molecule has 1 amide bonds. The summed E-state index contributed by atoms with van der Waals surface area (Å²) < 4.78 is 0. The highest BCUT2D eigenvalue weighted by atomic mass is 16.2. The summed E-state index contributed by atoms with van der Waals surface area (Å²) in [6.07, 6.45) is 14.8. The summed E-state index contributed by atoms with van der Waals surface area (Å²) in [6.45, 7) is 4.24. The molecule has 1 N–H and O–H groups in total. The molecule has 1 heterocycles. The van der Waals surface area contributed by atoms with Gasteiger partial charge in [-0.15, -0.1) is 0 Å². The molecule has 3 rings (SSSR count). The van der Waals surface area contributed by atoms with E-state index in [1.54, 1.807) is 0 Å². The smallest absolute Gasteiger partial charge is 0.269 e. The van der Waals surface area contributed by atoms with Gasteiger partial charge in [-0.1, -0.05) is 71.6 Å². The van der Waals surface area contributed by atoms with Gasteiger partial charge in [-0.25, -0.2) is 9.97 Å². The highest BCUT2D eigenvalue weighted by Gasteiger charge is 2.28. The van der Waals surface area contributed by atoms with E-state index in [4.69, 9.17) is 17.8 Å². The van der Waals surface area contributed by atoms with Gasteiger partial charge in [0.25, 0.3) is 5.91 Å². The Morgan fingerprint density at radius 3 is 2.14 bits per heavy atom. The first-order chi connectivity index (χ1) is 13.5. The number of carbonyl (C=O) groups is 1. The fourth-order valence-corrected chi connectivity index (χ4v) is 4.57. The van der Waals surface area contributed by atoms with Crippen LogP contribution >= 0.6 is 0 Å². The fraction of sp³-hybridized carbons (Fsp3) is 0.783. The van der Waals surface area contributed by atoms with Crippen LogP contribution in [0.2, 0.25) is 0 Å². The predicted molar refractivity (Wildman–Crippen MR) is 115 cm³/mol. The summed E-state index contributed by atoms with van der Waals surface area (Å²) in [6, 6.07) is 1.86. The Labute approximate surface area is 172 Å². The normalized spacial score (nSPS) is 21.5. The molecule has 2 fully saturated rings. The minimum Gasteiger partial charge on any atom is -0.354 e. The van der Waals surface area contributed by atoms with E-state index < -0.39 is 5.44 Å². The lowest BCUT2D eigenvalue weighted by atomic mass is 9.69. The van der Waals surface area contributed by atoms with E-state index in [2.05, 4.69) is 19.2 Å². The Morgan fingerprint density at radius 2 is 1.57 bits per heavy atom. The van der Waals surface area contributed by atoms with Gasteiger partial charge in [0.05, 0.1) is 0 Å². The number of nitrogens with zero attached hydrogens (tertiary/aromatic N) is 2. The number of hydrogen-bond acceptors (Lipinski definition) is 3. The standard InChI is InChI=1S/C23H36BN3O/c1-17(2)19-16-20(26-21(25-19)18-12-8-9-13-18)22(28)27-23(24)14-10-6-4-3-5-7-11-15-23/h16-18H,3-15H2,1-2H3,(H,27,28). The second-order valence-electron chi connectivity index (χ2n) is 9.26. The van der Waals surface area contributed by atoms with Crippen molar-refractivity contribution in [2.24, 2.45) is 0 Å². The SMILES string of the molecule is [B]C1(NC(=O)c2cc(C(C)C)nc(C3CCCC3)n2)CCCCCCCCC1. The van der Waals surface area contributed by atoms with Crippen LogP contribution in [0.15, 0.2) is 6.07 Å². The average molecular weight is 381 g/mol. The van der Waals surface area contributed by atoms with E-state index in [1.807, 2.05) is 6.07 Å². The molecule has 5 heteroatoms. The third-order valence-corrected chi connectivity index (χ3v) is 6.42. The zero-order valence-electron chi connectivity index (χ0n) is 17.8. The van der Waals surface area contributed by atoms with Gasteiger partial charge in [-0.2, -0.15) is 0 Å². The van der Waals surface area contributed by atoms with Crippen LogP contribution in [0, 0.1) is 0 Å². The minimum atomic E-state index is -0.620. The van der Waals surface area contributed by atoms with Crippen LogP contribution in [0.4, 0.5) is 0 Å². The summed E-state index contributed by atoms with van der Waals surface area (Å²) in [5.41, 5.74) is 0.826. The van der Waals surface area contributed by atoms with Crippen molar-refractivity contribution in [3.8, 4) is 0 Å². The molecule has 152 valence electrons. The van der Waals surface area contributed by atoms with Gasteiger partial charge in [-0.05, 0) is 37.7 Å². The number of hydrogen-bond donors (Lipinski definition) is 1. The van der Waals surface area contributed by atoms with Crippen molar-refractivity contribution in [2.75, 3.05) is 0 Å². The van der Waals surface area contributed by atoms with Crippen molar-refractivity contribution in [3.63, 3.8) is 0 Å².